The monoisotopic (exact) mass is 492 g/mol. The fourth-order valence-electron chi connectivity index (χ4n) is 2.83. The second-order valence-electron chi connectivity index (χ2n) is 6.72. The van der Waals surface area contributed by atoms with Gasteiger partial charge in [0.1, 0.15) is 0 Å². The number of imide groups is 2. The van der Waals surface area contributed by atoms with Gasteiger partial charge in [-0.15, -0.1) is 21.2 Å². The summed E-state index contributed by atoms with van der Waals surface area (Å²) >= 11 is 6.65. The maximum absolute atomic E-state index is 12.3. The highest BCUT2D eigenvalue weighted by Crippen LogP contribution is 2.24. The van der Waals surface area contributed by atoms with Crippen LogP contribution in [0.15, 0.2) is 12.2 Å². The fourth-order valence-corrected chi connectivity index (χ4v) is 5.58. The summed E-state index contributed by atoms with van der Waals surface area (Å²) < 4.78 is 16.1. The largest absolute Gasteiger partial charge is 0.377 e. The Morgan fingerprint density at radius 2 is 1.45 bits per heavy atom. The van der Waals surface area contributed by atoms with Crippen molar-refractivity contribution in [2.75, 3.05) is 70.5 Å². The van der Waals surface area contributed by atoms with E-state index >= 15 is 0 Å². The summed E-state index contributed by atoms with van der Waals surface area (Å²) in [6.45, 7) is 2.38. The van der Waals surface area contributed by atoms with Crippen molar-refractivity contribution in [2.45, 2.75) is 11.7 Å². The summed E-state index contributed by atoms with van der Waals surface area (Å²) in [5, 5.41) is -0.299. The second-order valence-corrected chi connectivity index (χ2v) is 11.3. The van der Waals surface area contributed by atoms with Gasteiger partial charge in [0.15, 0.2) is 0 Å². The summed E-state index contributed by atoms with van der Waals surface area (Å²) in [5.74, 6) is 0.736. The third kappa shape index (κ3) is 9.07. The van der Waals surface area contributed by atoms with Gasteiger partial charge in [-0.25, -0.2) is 0 Å². The number of thioether (sulfide) groups is 1. The van der Waals surface area contributed by atoms with Gasteiger partial charge in [-0.05, 0) is 6.26 Å². The summed E-state index contributed by atoms with van der Waals surface area (Å²) in [6.07, 6.45) is 4.71. The second kappa shape index (κ2) is 14.1. The van der Waals surface area contributed by atoms with Gasteiger partial charge in [0.2, 0.25) is 11.8 Å². The van der Waals surface area contributed by atoms with Crippen molar-refractivity contribution in [2.24, 2.45) is 0 Å². The molecule has 2 aliphatic heterocycles. The predicted molar refractivity (Wildman–Crippen MR) is 121 cm³/mol. The third-order valence-electron chi connectivity index (χ3n) is 4.46. The molecular weight excluding hydrogens is 464 g/mol. The van der Waals surface area contributed by atoms with Crippen LogP contribution in [-0.4, -0.2) is 109 Å². The lowest BCUT2D eigenvalue weighted by Gasteiger charge is -2.15. The first kappa shape index (κ1) is 26.1. The van der Waals surface area contributed by atoms with Crippen molar-refractivity contribution in [3.8, 4) is 0 Å². The lowest BCUT2D eigenvalue weighted by Crippen LogP contribution is -2.34. The van der Waals surface area contributed by atoms with E-state index in [1.165, 1.54) is 28.8 Å². The summed E-state index contributed by atoms with van der Waals surface area (Å²) in [6, 6.07) is 0. The normalized spacial score (nSPS) is 19.8. The molecule has 174 valence electrons. The number of nitrogens with zero attached hydrogens (tertiary/aromatic N) is 2. The van der Waals surface area contributed by atoms with E-state index in [0.717, 1.165) is 16.4 Å². The zero-order valence-electron chi connectivity index (χ0n) is 17.5. The van der Waals surface area contributed by atoms with E-state index in [-0.39, 0.29) is 71.1 Å². The van der Waals surface area contributed by atoms with Crippen molar-refractivity contribution in [3.63, 3.8) is 0 Å². The van der Waals surface area contributed by atoms with Crippen LogP contribution in [0.2, 0.25) is 0 Å². The fraction of sp³-hybridized carbons (Fsp3) is 0.684. The molecule has 1 fully saturated rings. The van der Waals surface area contributed by atoms with Crippen LogP contribution in [0, 0.1) is 0 Å². The van der Waals surface area contributed by atoms with E-state index in [0.29, 0.717) is 26.4 Å². The Kier molecular flexibility index (Phi) is 11.8. The van der Waals surface area contributed by atoms with Gasteiger partial charge in [-0.2, -0.15) is 0 Å². The quantitative estimate of drug-likeness (QED) is 0.209. The molecule has 0 bridgehead atoms. The number of hydrogen-bond acceptors (Lipinski definition) is 9. The van der Waals surface area contributed by atoms with Crippen molar-refractivity contribution in [1.82, 2.24) is 9.80 Å². The van der Waals surface area contributed by atoms with Crippen LogP contribution >= 0.6 is 11.8 Å². The number of amides is 4. The molecule has 2 unspecified atom stereocenters. The Bertz CT molecular complexity index is 699. The molecule has 31 heavy (non-hydrogen) atoms. The predicted octanol–water partition coefficient (Wildman–Crippen LogP) is -0.468. The van der Waals surface area contributed by atoms with Crippen LogP contribution in [0.3, 0.4) is 0 Å². The van der Waals surface area contributed by atoms with E-state index in [1.54, 1.807) is 0 Å². The maximum atomic E-state index is 12.3. The Hall–Kier alpha value is -1.18. The Labute approximate surface area is 193 Å². The molecule has 2 atom stereocenters. The molecule has 12 heteroatoms. The summed E-state index contributed by atoms with van der Waals surface area (Å²) in [5.41, 5.74) is 0. The molecule has 0 aromatic rings. The highest BCUT2D eigenvalue weighted by molar-refractivity contribution is 8.28. The minimum Gasteiger partial charge on any atom is -0.377 e. The molecule has 0 radical (unpaired) electrons. The molecule has 2 aliphatic rings. The van der Waals surface area contributed by atoms with Crippen LogP contribution < -0.4 is 0 Å². The van der Waals surface area contributed by atoms with Crippen LogP contribution in [0.25, 0.3) is 0 Å². The molecule has 0 aliphatic carbocycles. The smallest absolute Gasteiger partial charge is 0.253 e. The molecular formula is C19H28N2O7S3. The van der Waals surface area contributed by atoms with Gasteiger partial charge in [-0.1, -0.05) is 11.2 Å². The lowest BCUT2D eigenvalue weighted by atomic mass is 10.4. The molecule has 2 heterocycles. The van der Waals surface area contributed by atoms with E-state index in [2.05, 4.69) is 0 Å². The molecule has 1 saturated heterocycles. The van der Waals surface area contributed by atoms with E-state index in [9.17, 15) is 19.2 Å². The van der Waals surface area contributed by atoms with Gasteiger partial charge < -0.3 is 14.2 Å². The van der Waals surface area contributed by atoms with Crippen molar-refractivity contribution >= 4 is 56.0 Å². The number of carbonyl (C=O) groups is 4. The zero-order valence-corrected chi connectivity index (χ0v) is 19.9. The lowest BCUT2D eigenvalue weighted by molar-refractivity contribution is -0.140. The Balaban J connectivity index is 1.43. The topological polar surface area (TPSA) is 102 Å². The van der Waals surface area contributed by atoms with Crippen molar-refractivity contribution in [1.29, 1.82) is 0 Å². The van der Waals surface area contributed by atoms with Crippen LogP contribution in [0.4, 0.5) is 0 Å². The zero-order chi connectivity index (χ0) is 22.6. The standard InChI is InChI=1S/C19H28N2O7S3/c1-31(29)13-12-30-15-14-18(24)21(19(15)25)5-7-27-9-11-28-10-8-26-6-4-20-16(22)2-3-17(20)23/h2-3,15H,4-14H2,1H3. The van der Waals surface area contributed by atoms with Crippen LogP contribution in [-0.2, 0) is 54.0 Å². The molecule has 0 aromatic carbocycles. The Morgan fingerprint density at radius 1 is 0.935 bits per heavy atom. The average molecular weight is 493 g/mol. The van der Waals surface area contributed by atoms with Crippen molar-refractivity contribution in [3.05, 3.63) is 12.2 Å². The van der Waals surface area contributed by atoms with Gasteiger partial charge >= 0.3 is 0 Å². The molecule has 0 spiro atoms. The maximum Gasteiger partial charge on any atom is 0.253 e. The van der Waals surface area contributed by atoms with Crippen LogP contribution in [0.5, 0.6) is 0 Å². The van der Waals surface area contributed by atoms with E-state index in [1.807, 2.05) is 6.26 Å². The number of likely N-dealkylation sites (tertiary alicyclic amines) is 1. The molecule has 4 amide bonds. The third-order valence-corrected chi connectivity index (χ3v) is 7.20. The molecule has 2 rings (SSSR count). The van der Waals surface area contributed by atoms with Gasteiger partial charge in [0.25, 0.3) is 11.8 Å². The summed E-state index contributed by atoms with van der Waals surface area (Å²) in [7, 11) is -0.0752. The highest BCUT2D eigenvalue weighted by atomic mass is 32.8. The summed E-state index contributed by atoms with van der Waals surface area (Å²) in [4.78, 5) is 49.5. The first-order valence-electron chi connectivity index (χ1n) is 9.92. The first-order valence-corrected chi connectivity index (χ1v) is 13.7. The first-order chi connectivity index (χ1) is 14.9. The minimum atomic E-state index is -0.323. The molecule has 9 nitrogen and oxygen atoms in total. The van der Waals surface area contributed by atoms with E-state index in [4.69, 9.17) is 25.4 Å². The van der Waals surface area contributed by atoms with Gasteiger partial charge in [0.05, 0.1) is 58.0 Å². The van der Waals surface area contributed by atoms with E-state index < -0.39 is 0 Å². The van der Waals surface area contributed by atoms with Gasteiger partial charge in [-0.3, -0.25) is 29.0 Å². The SMILES string of the molecule is CS(=S)CCSC1CC(=O)N(CCOCCOCCOCCN2C(=O)C=CC2=O)C1=O. The molecule has 0 N–H and O–H groups in total. The molecule has 0 saturated carbocycles. The number of rotatable bonds is 16. The average Bonchev–Trinajstić information content (AvgIpc) is 3.18. The van der Waals surface area contributed by atoms with Gasteiger partial charge in [0, 0.05) is 30.1 Å². The minimum absolute atomic E-state index is 0.0752. The van der Waals surface area contributed by atoms with Crippen LogP contribution in [0.1, 0.15) is 6.42 Å². The van der Waals surface area contributed by atoms with Crippen molar-refractivity contribution < 1.29 is 33.4 Å². The number of ether oxygens (including phenoxy) is 3. The number of carbonyl (C=O) groups excluding carboxylic acids is 4. The highest BCUT2D eigenvalue weighted by Gasteiger charge is 2.38. The Morgan fingerprint density at radius 3 is 2.00 bits per heavy atom. The molecule has 0 aromatic heterocycles. The number of hydrogen-bond donors (Lipinski definition) is 0.